The Morgan fingerprint density at radius 1 is 0.929 bits per heavy atom. The number of hydrogen-bond acceptors (Lipinski definition) is 6. The maximum Gasteiger partial charge on any atom is 0.328 e. The van der Waals surface area contributed by atoms with Crippen LogP contribution in [-0.4, -0.2) is 23.5 Å². The third kappa shape index (κ3) is 2.73. The van der Waals surface area contributed by atoms with E-state index in [0.29, 0.717) is 11.3 Å². The van der Waals surface area contributed by atoms with Crippen molar-refractivity contribution in [2.75, 3.05) is 0 Å². The Hall–Kier alpha value is -2.96. The average Bonchev–Trinajstić information content (AvgIpc) is 3.14. The van der Waals surface area contributed by atoms with Gasteiger partial charge in [0.1, 0.15) is 17.4 Å². The third-order valence-electron chi connectivity index (χ3n) is 5.47. The lowest BCUT2D eigenvalue weighted by Gasteiger charge is -2.49. The summed E-state index contributed by atoms with van der Waals surface area (Å²) in [6.45, 7) is 2.94. The lowest BCUT2D eigenvalue weighted by molar-refractivity contribution is -0.256. The van der Waals surface area contributed by atoms with Crippen molar-refractivity contribution in [2.45, 2.75) is 44.3 Å². The van der Waals surface area contributed by atoms with E-state index < -0.39 is 40.8 Å². The minimum absolute atomic E-state index is 0.0597. The average molecular weight is 386 g/mol. The van der Waals surface area contributed by atoms with Gasteiger partial charge in [0.05, 0.1) is 12.2 Å². The quantitative estimate of drug-likeness (QED) is 0.581. The number of Topliss-reactive ketones (excluding diaryl/α,β-unsaturated/α-hetero) is 1. The van der Waals surface area contributed by atoms with Crippen LogP contribution in [0.3, 0.4) is 0 Å². The highest BCUT2D eigenvalue weighted by molar-refractivity contribution is 6.06. The largest absolute Gasteiger partial charge is 0.469 e. The van der Waals surface area contributed by atoms with Crippen LogP contribution in [0.5, 0.6) is 0 Å². The van der Waals surface area contributed by atoms with Gasteiger partial charge in [0.25, 0.3) is 5.79 Å². The van der Waals surface area contributed by atoms with Crippen LogP contribution in [0.25, 0.3) is 0 Å². The molecule has 1 aliphatic carbocycles. The van der Waals surface area contributed by atoms with Crippen LogP contribution in [0.2, 0.25) is 0 Å². The van der Waals surface area contributed by atoms with Crippen molar-refractivity contribution < 1.29 is 32.7 Å². The Morgan fingerprint density at radius 2 is 1.54 bits per heavy atom. The number of furan rings is 1. The fourth-order valence-corrected chi connectivity index (χ4v) is 4.28. The highest BCUT2D eigenvalue weighted by Gasteiger charge is 2.68. The second-order valence-corrected chi connectivity index (χ2v) is 7.67. The predicted molar refractivity (Wildman–Crippen MR) is 93.5 cm³/mol. The number of halogens is 1. The molecule has 2 heterocycles. The summed E-state index contributed by atoms with van der Waals surface area (Å²) in [4.78, 5) is 39.2. The van der Waals surface area contributed by atoms with E-state index in [4.69, 9.17) is 13.9 Å². The first kappa shape index (κ1) is 18.4. The first-order chi connectivity index (χ1) is 13.2. The maximum absolute atomic E-state index is 13.5. The molecule has 0 amide bonds. The molecule has 28 heavy (non-hydrogen) atoms. The number of benzene rings is 1. The van der Waals surface area contributed by atoms with Crippen LogP contribution in [-0.2, 0) is 23.9 Å². The van der Waals surface area contributed by atoms with Crippen LogP contribution in [0.4, 0.5) is 4.39 Å². The van der Waals surface area contributed by atoms with Gasteiger partial charge in [0.15, 0.2) is 5.41 Å². The standard InChI is InChI=1S/C21H19FO6/c1-20(2)27-18(24)21(19(25)28-20)15(12-5-7-13(22)8-6-12)10-14(23)11-16(21)17-4-3-9-26-17/h3-9,15-16H,10-11H2,1-2H3/t15-,16+/m0/s1. The number of ketones is 1. The molecule has 1 saturated heterocycles. The lowest BCUT2D eigenvalue weighted by Crippen LogP contribution is -2.61. The second-order valence-electron chi connectivity index (χ2n) is 7.67. The van der Waals surface area contributed by atoms with Gasteiger partial charge in [-0.1, -0.05) is 12.1 Å². The Balaban J connectivity index is 1.93. The highest BCUT2D eigenvalue weighted by atomic mass is 19.1. The molecule has 0 radical (unpaired) electrons. The van der Waals surface area contributed by atoms with Crippen molar-refractivity contribution in [3.63, 3.8) is 0 Å². The van der Waals surface area contributed by atoms with Crippen LogP contribution in [0.1, 0.15) is 49.8 Å². The summed E-state index contributed by atoms with van der Waals surface area (Å²) >= 11 is 0. The number of ether oxygens (including phenoxy) is 2. The van der Waals surface area contributed by atoms with Crippen molar-refractivity contribution in [1.82, 2.24) is 0 Å². The molecule has 0 bridgehead atoms. The summed E-state index contributed by atoms with van der Waals surface area (Å²) in [6.07, 6.45) is 1.29. The van der Waals surface area contributed by atoms with Crippen LogP contribution in [0.15, 0.2) is 47.1 Å². The van der Waals surface area contributed by atoms with E-state index in [1.807, 2.05) is 0 Å². The molecule has 2 aromatic rings. The minimum Gasteiger partial charge on any atom is -0.469 e. The molecule has 1 spiro atoms. The topological polar surface area (TPSA) is 82.8 Å². The van der Waals surface area contributed by atoms with Gasteiger partial charge >= 0.3 is 11.9 Å². The van der Waals surface area contributed by atoms with Gasteiger partial charge in [-0.2, -0.15) is 0 Å². The summed E-state index contributed by atoms with van der Waals surface area (Å²) < 4.78 is 29.9. The molecule has 2 atom stereocenters. The van der Waals surface area contributed by atoms with E-state index in [0.717, 1.165) is 0 Å². The van der Waals surface area contributed by atoms with E-state index in [9.17, 15) is 18.8 Å². The van der Waals surface area contributed by atoms with Gasteiger partial charge in [-0.05, 0) is 29.8 Å². The third-order valence-corrected chi connectivity index (χ3v) is 5.47. The molecule has 1 saturated carbocycles. The summed E-state index contributed by atoms with van der Waals surface area (Å²) in [5, 5.41) is 0. The van der Waals surface area contributed by atoms with Crippen molar-refractivity contribution in [3.8, 4) is 0 Å². The van der Waals surface area contributed by atoms with Crippen molar-refractivity contribution in [1.29, 1.82) is 0 Å². The number of carbonyl (C=O) groups excluding carboxylic acids is 3. The van der Waals surface area contributed by atoms with Gasteiger partial charge in [-0.25, -0.2) is 4.39 Å². The van der Waals surface area contributed by atoms with Crippen molar-refractivity contribution in [3.05, 3.63) is 59.8 Å². The lowest BCUT2D eigenvalue weighted by atomic mass is 9.56. The fourth-order valence-electron chi connectivity index (χ4n) is 4.28. The van der Waals surface area contributed by atoms with Crippen molar-refractivity contribution >= 4 is 17.7 Å². The summed E-state index contributed by atoms with van der Waals surface area (Å²) in [7, 11) is 0. The van der Waals surface area contributed by atoms with E-state index in [-0.39, 0.29) is 18.6 Å². The Bertz CT molecular complexity index is 908. The van der Waals surface area contributed by atoms with Crippen LogP contribution in [0, 0.1) is 11.2 Å². The van der Waals surface area contributed by atoms with Gasteiger partial charge in [0, 0.05) is 32.6 Å². The molecule has 0 unspecified atom stereocenters. The zero-order valence-electron chi connectivity index (χ0n) is 15.4. The van der Waals surface area contributed by atoms with E-state index >= 15 is 0 Å². The van der Waals surface area contributed by atoms with Crippen LogP contribution >= 0.6 is 0 Å². The zero-order chi connectivity index (χ0) is 20.1. The first-order valence-corrected chi connectivity index (χ1v) is 9.01. The Labute approximate surface area is 160 Å². The number of carbonyl (C=O) groups is 3. The summed E-state index contributed by atoms with van der Waals surface area (Å²) in [6, 6.07) is 8.64. The molecule has 6 nitrogen and oxygen atoms in total. The van der Waals surface area contributed by atoms with Crippen LogP contribution < -0.4 is 0 Å². The van der Waals surface area contributed by atoms with E-state index in [1.165, 1.54) is 44.4 Å². The van der Waals surface area contributed by atoms with E-state index in [1.54, 1.807) is 12.1 Å². The maximum atomic E-state index is 13.5. The van der Waals surface area contributed by atoms with Gasteiger partial charge < -0.3 is 13.9 Å². The smallest absolute Gasteiger partial charge is 0.328 e. The zero-order valence-corrected chi connectivity index (χ0v) is 15.4. The monoisotopic (exact) mass is 386 g/mol. The normalized spacial score (nSPS) is 26.0. The second kappa shape index (κ2) is 6.29. The first-order valence-electron chi connectivity index (χ1n) is 9.01. The van der Waals surface area contributed by atoms with Crippen molar-refractivity contribution in [2.24, 2.45) is 5.41 Å². The predicted octanol–water partition coefficient (Wildman–Crippen LogP) is 3.47. The number of esters is 2. The molecule has 2 aliphatic rings. The number of rotatable bonds is 2. The SMILES string of the molecule is CC1(C)OC(=O)C2(C(=O)O1)[C@@H](c1ccco1)CC(=O)C[C@H]2c1ccc(F)cc1. The molecule has 2 fully saturated rings. The number of hydrogen-bond donors (Lipinski definition) is 0. The van der Waals surface area contributed by atoms with Gasteiger partial charge in [-0.15, -0.1) is 0 Å². The fraction of sp³-hybridized carbons (Fsp3) is 0.381. The Kier molecular flexibility index (Phi) is 4.14. The molecular weight excluding hydrogens is 367 g/mol. The molecule has 1 aromatic carbocycles. The molecule has 146 valence electrons. The molecule has 4 rings (SSSR count). The molecule has 0 N–H and O–H groups in total. The molecule has 1 aromatic heterocycles. The number of cyclic esters (lactones) is 2. The molecule has 7 heteroatoms. The van der Waals surface area contributed by atoms with E-state index in [2.05, 4.69) is 0 Å². The summed E-state index contributed by atoms with van der Waals surface area (Å²) in [5.41, 5.74) is -1.31. The minimum atomic E-state index is -1.79. The van der Waals surface area contributed by atoms with Gasteiger partial charge in [0.2, 0.25) is 0 Å². The molecule has 1 aliphatic heterocycles. The molecular formula is C21H19FO6. The van der Waals surface area contributed by atoms with Gasteiger partial charge in [-0.3, -0.25) is 14.4 Å². The summed E-state index contributed by atoms with van der Waals surface area (Å²) in [5.74, 6) is -4.95. The highest BCUT2D eigenvalue weighted by Crippen LogP contribution is 2.57. The Morgan fingerprint density at radius 3 is 2.11 bits per heavy atom.